The molecule has 9 heteroatoms. The van der Waals surface area contributed by atoms with Crippen LogP contribution < -0.4 is 10.0 Å². The third-order valence-corrected chi connectivity index (χ3v) is 5.66. The van der Waals surface area contributed by atoms with Crippen molar-refractivity contribution in [2.45, 2.75) is 38.3 Å². The molecule has 0 aliphatic carbocycles. The maximum Gasteiger partial charge on any atom is 0.405 e. The zero-order chi connectivity index (χ0) is 21.1. The van der Waals surface area contributed by atoms with Crippen LogP contribution in [-0.4, -0.2) is 27.0 Å². The molecule has 0 bridgehead atoms. The lowest BCUT2D eigenvalue weighted by Gasteiger charge is -2.13. The molecule has 0 atom stereocenters. The number of anilines is 1. The van der Waals surface area contributed by atoms with E-state index < -0.39 is 28.7 Å². The molecule has 0 aliphatic heterocycles. The number of halogens is 3. The van der Waals surface area contributed by atoms with Crippen LogP contribution in [0.25, 0.3) is 0 Å². The number of carbonyl (C=O) groups is 1. The second-order valence-corrected chi connectivity index (χ2v) is 8.22. The summed E-state index contributed by atoms with van der Waals surface area (Å²) >= 11 is 0. The van der Waals surface area contributed by atoms with Gasteiger partial charge in [0, 0.05) is 5.69 Å². The molecule has 28 heavy (non-hydrogen) atoms. The van der Waals surface area contributed by atoms with E-state index in [2.05, 4.69) is 4.72 Å². The number of amides is 1. The molecule has 1 amide bonds. The van der Waals surface area contributed by atoms with Gasteiger partial charge in [-0.2, -0.15) is 13.2 Å². The Morgan fingerprint density at radius 1 is 0.964 bits per heavy atom. The molecular weight excluding hydrogens is 393 g/mol. The Kier molecular flexibility index (Phi) is 6.38. The summed E-state index contributed by atoms with van der Waals surface area (Å²) in [4.78, 5) is 11.7. The highest BCUT2D eigenvalue weighted by Crippen LogP contribution is 2.23. The van der Waals surface area contributed by atoms with Crippen LogP contribution in [0.3, 0.4) is 0 Å². The summed E-state index contributed by atoms with van der Waals surface area (Å²) in [7, 11) is -3.80. The average Bonchev–Trinajstić information content (AvgIpc) is 2.57. The summed E-state index contributed by atoms with van der Waals surface area (Å²) in [5.74, 6) is -0.767. The summed E-state index contributed by atoms with van der Waals surface area (Å²) in [5, 5.41) is 1.79. The molecule has 0 aromatic heterocycles. The van der Waals surface area contributed by atoms with E-state index >= 15 is 0 Å². The lowest BCUT2D eigenvalue weighted by atomic mass is 10.1. The molecule has 5 nitrogen and oxygen atoms in total. The Balaban J connectivity index is 2.08. The van der Waals surface area contributed by atoms with Crippen molar-refractivity contribution in [3.63, 3.8) is 0 Å². The first-order valence-electron chi connectivity index (χ1n) is 8.40. The smallest absolute Gasteiger partial charge is 0.347 e. The van der Waals surface area contributed by atoms with Gasteiger partial charge in [-0.3, -0.25) is 9.52 Å². The highest BCUT2D eigenvalue weighted by atomic mass is 32.2. The Hall–Kier alpha value is -2.55. The van der Waals surface area contributed by atoms with E-state index in [9.17, 15) is 26.4 Å². The number of rotatable bonds is 6. The normalized spacial score (nSPS) is 11.9. The molecular formula is C19H21F3N2O3S. The van der Waals surface area contributed by atoms with Crippen LogP contribution in [0.4, 0.5) is 18.9 Å². The predicted octanol–water partition coefficient (Wildman–Crippen LogP) is 3.63. The van der Waals surface area contributed by atoms with E-state index in [1.165, 1.54) is 24.3 Å². The highest BCUT2D eigenvalue weighted by molar-refractivity contribution is 7.92. The summed E-state index contributed by atoms with van der Waals surface area (Å²) in [6.07, 6.45) is -4.70. The van der Waals surface area contributed by atoms with Crippen molar-refractivity contribution in [1.29, 1.82) is 0 Å². The van der Waals surface area contributed by atoms with Crippen molar-refractivity contribution in [3.8, 4) is 0 Å². The monoisotopic (exact) mass is 414 g/mol. The van der Waals surface area contributed by atoms with Crippen molar-refractivity contribution in [2.24, 2.45) is 0 Å². The molecule has 2 rings (SSSR count). The van der Waals surface area contributed by atoms with Gasteiger partial charge in [-0.15, -0.1) is 0 Å². The first-order valence-corrected chi connectivity index (χ1v) is 9.89. The minimum absolute atomic E-state index is 0.172. The van der Waals surface area contributed by atoms with Crippen LogP contribution in [0, 0.1) is 20.8 Å². The van der Waals surface area contributed by atoms with Gasteiger partial charge < -0.3 is 5.32 Å². The van der Waals surface area contributed by atoms with Crippen molar-refractivity contribution in [3.05, 3.63) is 58.7 Å². The van der Waals surface area contributed by atoms with E-state index in [4.69, 9.17) is 0 Å². The van der Waals surface area contributed by atoms with E-state index in [1.54, 1.807) is 24.4 Å². The van der Waals surface area contributed by atoms with E-state index in [0.29, 0.717) is 11.1 Å². The molecule has 0 saturated heterocycles. The first-order chi connectivity index (χ1) is 12.9. The lowest BCUT2D eigenvalue weighted by Crippen LogP contribution is -2.34. The Bertz CT molecular complexity index is 969. The number of sulfonamides is 1. The number of nitrogens with one attached hydrogen (secondary N) is 2. The van der Waals surface area contributed by atoms with Gasteiger partial charge in [-0.1, -0.05) is 18.2 Å². The van der Waals surface area contributed by atoms with Gasteiger partial charge in [0.1, 0.15) is 6.54 Å². The number of benzene rings is 2. The number of aryl methyl sites for hydroxylation is 3. The summed E-state index contributed by atoms with van der Waals surface area (Å²) < 4.78 is 64.1. The standard InChI is InChI=1S/C19H21F3N2O3S/c1-12-8-14(3)17(9-13(12)2)28(26,27)24-16-6-4-15(5-7-16)10-18(25)23-11-19(20,21)22/h4-9,24H,10-11H2,1-3H3,(H,23,25). The van der Waals surface area contributed by atoms with Gasteiger partial charge in [0.25, 0.3) is 10.0 Å². The third-order valence-electron chi connectivity index (χ3n) is 4.14. The molecule has 0 unspecified atom stereocenters. The number of carbonyl (C=O) groups excluding carboxylic acids is 1. The van der Waals surface area contributed by atoms with Gasteiger partial charge >= 0.3 is 6.18 Å². The molecule has 2 aromatic rings. The van der Waals surface area contributed by atoms with Crippen LogP contribution >= 0.6 is 0 Å². The topological polar surface area (TPSA) is 75.3 Å². The average molecular weight is 414 g/mol. The fraction of sp³-hybridized carbons (Fsp3) is 0.316. The largest absolute Gasteiger partial charge is 0.405 e. The van der Waals surface area contributed by atoms with Gasteiger partial charge in [-0.05, 0) is 61.2 Å². The number of hydrogen-bond donors (Lipinski definition) is 2. The zero-order valence-electron chi connectivity index (χ0n) is 15.6. The minimum atomic E-state index is -4.47. The summed E-state index contributed by atoms with van der Waals surface area (Å²) in [5.41, 5.74) is 3.21. The van der Waals surface area contributed by atoms with Crippen molar-refractivity contribution in [1.82, 2.24) is 5.32 Å². The summed E-state index contributed by atoms with van der Waals surface area (Å²) in [6, 6.07) is 9.29. The fourth-order valence-electron chi connectivity index (χ4n) is 2.57. The molecule has 0 aliphatic rings. The maximum atomic E-state index is 12.6. The molecule has 152 valence electrons. The minimum Gasteiger partial charge on any atom is -0.347 e. The Morgan fingerprint density at radius 2 is 1.54 bits per heavy atom. The Labute approximate surface area is 162 Å². The van der Waals surface area contributed by atoms with E-state index in [-0.39, 0.29) is 17.0 Å². The molecule has 0 radical (unpaired) electrons. The quantitative estimate of drug-likeness (QED) is 0.758. The SMILES string of the molecule is Cc1cc(C)c(S(=O)(=O)Nc2ccc(CC(=O)NCC(F)(F)F)cc2)cc1C. The van der Waals surface area contributed by atoms with Gasteiger partial charge in [0.2, 0.25) is 5.91 Å². The van der Waals surface area contributed by atoms with E-state index in [0.717, 1.165) is 11.1 Å². The van der Waals surface area contributed by atoms with Crippen LogP contribution in [0.5, 0.6) is 0 Å². The van der Waals surface area contributed by atoms with Crippen LogP contribution in [0.1, 0.15) is 22.3 Å². The molecule has 2 aromatic carbocycles. The predicted molar refractivity (Wildman–Crippen MR) is 101 cm³/mol. The maximum absolute atomic E-state index is 12.6. The van der Waals surface area contributed by atoms with E-state index in [1.807, 2.05) is 13.8 Å². The molecule has 0 saturated carbocycles. The molecule has 0 heterocycles. The molecule has 0 spiro atoms. The van der Waals surface area contributed by atoms with Crippen LogP contribution in [0.2, 0.25) is 0 Å². The van der Waals surface area contributed by atoms with Gasteiger partial charge in [-0.25, -0.2) is 8.42 Å². The number of hydrogen-bond acceptors (Lipinski definition) is 3. The Morgan fingerprint density at radius 3 is 2.11 bits per heavy atom. The highest BCUT2D eigenvalue weighted by Gasteiger charge is 2.27. The third kappa shape index (κ3) is 5.98. The fourth-order valence-corrected chi connectivity index (χ4v) is 3.94. The second-order valence-electron chi connectivity index (χ2n) is 6.57. The van der Waals surface area contributed by atoms with Crippen LogP contribution in [0.15, 0.2) is 41.3 Å². The first kappa shape index (κ1) is 21.7. The lowest BCUT2D eigenvalue weighted by molar-refractivity contribution is -0.138. The summed E-state index contributed by atoms with van der Waals surface area (Å²) in [6.45, 7) is 4.05. The second kappa shape index (κ2) is 8.22. The van der Waals surface area contributed by atoms with Crippen LogP contribution in [-0.2, 0) is 21.2 Å². The van der Waals surface area contributed by atoms with Crippen molar-refractivity contribution >= 4 is 21.6 Å². The number of alkyl halides is 3. The van der Waals surface area contributed by atoms with Gasteiger partial charge in [0.05, 0.1) is 11.3 Å². The van der Waals surface area contributed by atoms with Crippen molar-refractivity contribution in [2.75, 3.05) is 11.3 Å². The van der Waals surface area contributed by atoms with Crippen molar-refractivity contribution < 1.29 is 26.4 Å². The molecule has 2 N–H and O–H groups in total. The zero-order valence-corrected chi connectivity index (χ0v) is 16.5. The molecule has 0 fully saturated rings. The van der Waals surface area contributed by atoms with Gasteiger partial charge in [0.15, 0.2) is 0 Å².